The molecule has 2 rings (SSSR count). The molecule has 1 heterocycles. The number of hydrogen-bond acceptors (Lipinski definition) is 2. The van der Waals surface area contributed by atoms with Gasteiger partial charge in [0.1, 0.15) is 0 Å². The van der Waals surface area contributed by atoms with E-state index in [1.54, 1.807) is 0 Å². The molecule has 0 fully saturated rings. The number of carbonyl (C=O) groups is 1. The van der Waals surface area contributed by atoms with Gasteiger partial charge in [-0.25, -0.2) is 0 Å². The van der Waals surface area contributed by atoms with E-state index in [-0.39, 0.29) is 17.9 Å². The summed E-state index contributed by atoms with van der Waals surface area (Å²) in [5.74, 6) is 0.564. The summed E-state index contributed by atoms with van der Waals surface area (Å²) in [5, 5.41) is 3.05. The normalized spacial score (nSPS) is 20.4. The zero-order valence-corrected chi connectivity index (χ0v) is 13.0. The van der Waals surface area contributed by atoms with Crippen molar-refractivity contribution in [3.63, 3.8) is 0 Å². The third-order valence-corrected chi connectivity index (χ3v) is 4.64. The molecule has 0 saturated heterocycles. The van der Waals surface area contributed by atoms with Crippen molar-refractivity contribution >= 4 is 11.6 Å². The number of fused-ring (bicyclic) bond motifs is 1. The van der Waals surface area contributed by atoms with Gasteiger partial charge in [0.2, 0.25) is 5.91 Å². The van der Waals surface area contributed by atoms with Crippen molar-refractivity contribution in [2.24, 2.45) is 11.7 Å². The highest BCUT2D eigenvalue weighted by Crippen LogP contribution is 2.39. The molecule has 3 N–H and O–H groups in total. The quantitative estimate of drug-likeness (QED) is 0.859. The molecular weight excluding hydrogens is 248 g/mol. The van der Waals surface area contributed by atoms with Crippen LogP contribution < -0.4 is 11.1 Å². The number of benzene rings is 1. The minimum absolute atomic E-state index is 0.0145. The first-order chi connectivity index (χ1) is 9.53. The zero-order valence-electron chi connectivity index (χ0n) is 13.0. The lowest BCUT2D eigenvalue weighted by molar-refractivity contribution is -0.117. The predicted molar refractivity (Wildman–Crippen MR) is 83.9 cm³/mol. The molecule has 1 amide bonds. The molecule has 0 bridgehead atoms. The molecule has 1 aromatic rings. The second-order valence-corrected chi connectivity index (χ2v) is 5.86. The summed E-state index contributed by atoms with van der Waals surface area (Å²) in [6, 6.07) is 4.37. The van der Waals surface area contributed by atoms with Crippen LogP contribution >= 0.6 is 0 Å². The Morgan fingerprint density at radius 2 is 2.00 bits per heavy atom. The summed E-state index contributed by atoms with van der Waals surface area (Å²) in [7, 11) is 0. The van der Waals surface area contributed by atoms with Gasteiger partial charge in [-0.3, -0.25) is 4.79 Å². The lowest BCUT2D eigenvalue weighted by Gasteiger charge is -2.21. The highest BCUT2D eigenvalue weighted by Gasteiger charge is 2.31. The van der Waals surface area contributed by atoms with E-state index in [0.29, 0.717) is 5.92 Å². The molecule has 3 heteroatoms. The molecule has 0 spiro atoms. The van der Waals surface area contributed by atoms with Crippen molar-refractivity contribution in [2.45, 2.75) is 58.9 Å². The number of hydrogen-bond donors (Lipinski definition) is 2. The molecule has 1 aromatic carbocycles. The number of carbonyl (C=O) groups excluding carboxylic acids is 1. The van der Waals surface area contributed by atoms with Crippen molar-refractivity contribution in [2.75, 3.05) is 5.32 Å². The van der Waals surface area contributed by atoms with Gasteiger partial charge in [-0.1, -0.05) is 46.2 Å². The van der Waals surface area contributed by atoms with E-state index in [4.69, 9.17) is 5.73 Å². The van der Waals surface area contributed by atoms with E-state index < -0.39 is 0 Å². The third-order valence-electron chi connectivity index (χ3n) is 4.64. The van der Waals surface area contributed by atoms with Gasteiger partial charge < -0.3 is 11.1 Å². The van der Waals surface area contributed by atoms with Gasteiger partial charge in [0.15, 0.2) is 0 Å². The van der Waals surface area contributed by atoms with Gasteiger partial charge in [0.05, 0.1) is 5.92 Å². The SMILES string of the molecule is CCc1cc(C(N)C(C)CC)cc2c1NC(=O)C2CC. The Morgan fingerprint density at radius 1 is 1.30 bits per heavy atom. The molecule has 20 heavy (non-hydrogen) atoms. The summed E-state index contributed by atoms with van der Waals surface area (Å²) in [6.45, 7) is 8.54. The molecule has 0 radical (unpaired) electrons. The van der Waals surface area contributed by atoms with Gasteiger partial charge in [0, 0.05) is 11.7 Å². The van der Waals surface area contributed by atoms with Crippen LogP contribution in [-0.2, 0) is 11.2 Å². The maximum Gasteiger partial charge on any atom is 0.232 e. The molecule has 0 aliphatic carbocycles. The smallest absolute Gasteiger partial charge is 0.232 e. The highest BCUT2D eigenvalue weighted by atomic mass is 16.2. The van der Waals surface area contributed by atoms with Gasteiger partial charge in [0.25, 0.3) is 0 Å². The Kier molecular flexibility index (Phi) is 4.48. The summed E-state index contributed by atoms with van der Waals surface area (Å²) in [5.41, 5.74) is 10.9. The van der Waals surface area contributed by atoms with Crippen molar-refractivity contribution in [1.82, 2.24) is 0 Å². The molecule has 1 aliphatic heterocycles. The van der Waals surface area contributed by atoms with Crippen LogP contribution in [0.5, 0.6) is 0 Å². The molecular formula is C17H26N2O. The van der Waals surface area contributed by atoms with E-state index in [9.17, 15) is 4.79 Å². The summed E-state index contributed by atoms with van der Waals surface area (Å²) >= 11 is 0. The summed E-state index contributed by atoms with van der Waals surface area (Å²) in [4.78, 5) is 12.1. The lowest BCUT2D eigenvalue weighted by Crippen LogP contribution is -2.19. The predicted octanol–water partition coefficient (Wildman–Crippen LogP) is 3.74. The van der Waals surface area contributed by atoms with Gasteiger partial charge >= 0.3 is 0 Å². The number of aryl methyl sites for hydroxylation is 1. The van der Waals surface area contributed by atoms with Crippen molar-refractivity contribution in [3.8, 4) is 0 Å². The molecule has 3 unspecified atom stereocenters. The summed E-state index contributed by atoms with van der Waals surface area (Å²) < 4.78 is 0. The molecule has 1 aliphatic rings. The van der Waals surface area contributed by atoms with Crippen LogP contribution in [0.25, 0.3) is 0 Å². The highest BCUT2D eigenvalue weighted by molar-refractivity contribution is 6.03. The minimum atomic E-state index is -0.0145. The molecule has 110 valence electrons. The van der Waals surface area contributed by atoms with Crippen molar-refractivity contribution in [3.05, 3.63) is 28.8 Å². The second-order valence-electron chi connectivity index (χ2n) is 5.86. The van der Waals surface area contributed by atoms with Gasteiger partial charge in [-0.15, -0.1) is 0 Å². The number of anilines is 1. The standard InChI is InChI=1S/C17H26N2O/c1-5-10(4)15(18)12-8-11(6-2)16-14(9-12)13(7-3)17(20)19-16/h8-10,13,15H,5-7,18H2,1-4H3,(H,19,20). The number of amides is 1. The first-order valence-corrected chi connectivity index (χ1v) is 7.76. The fourth-order valence-corrected chi connectivity index (χ4v) is 2.99. The molecule has 0 saturated carbocycles. The maximum atomic E-state index is 12.1. The Labute approximate surface area is 121 Å². The molecule has 3 atom stereocenters. The van der Waals surface area contributed by atoms with Crippen LogP contribution in [0.3, 0.4) is 0 Å². The van der Waals surface area contributed by atoms with Crippen LogP contribution in [0.1, 0.15) is 69.2 Å². The van der Waals surface area contributed by atoms with E-state index >= 15 is 0 Å². The number of rotatable bonds is 5. The van der Waals surface area contributed by atoms with Crippen molar-refractivity contribution < 1.29 is 4.79 Å². The minimum Gasteiger partial charge on any atom is -0.325 e. The average Bonchev–Trinajstić information content (AvgIpc) is 2.79. The van der Waals surface area contributed by atoms with Crippen LogP contribution in [0.2, 0.25) is 0 Å². The Bertz CT molecular complexity index is 510. The van der Waals surface area contributed by atoms with Crippen LogP contribution in [-0.4, -0.2) is 5.91 Å². The maximum absolute atomic E-state index is 12.1. The van der Waals surface area contributed by atoms with E-state index in [2.05, 4.69) is 45.1 Å². The topological polar surface area (TPSA) is 55.1 Å². The van der Waals surface area contributed by atoms with Gasteiger partial charge in [-0.2, -0.15) is 0 Å². The largest absolute Gasteiger partial charge is 0.325 e. The lowest BCUT2D eigenvalue weighted by atomic mass is 9.87. The van der Waals surface area contributed by atoms with E-state index in [0.717, 1.165) is 30.5 Å². The first-order valence-electron chi connectivity index (χ1n) is 7.76. The van der Waals surface area contributed by atoms with E-state index in [1.807, 2.05) is 0 Å². The zero-order chi connectivity index (χ0) is 14.9. The Balaban J connectivity index is 2.48. The number of nitrogens with two attached hydrogens (primary N) is 1. The fourth-order valence-electron chi connectivity index (χ4n) is 2.99. The monoisotopic (exact) mass is 274 g/mol. The fraction of sp³-hybridized carbons (Fsp3) is 0.588. The molecule has 0 aromatic heterocycles. The average molecular weight is 274 g/mol. The van der Waals surface area contributed by atoms with Crippen molar-refractivity contribution in [1.29, 1.82) is 0 Å². The Hall–Kier alpha value is -1.35. The number of nitrogens with one attached hydrogen (secondary N) is 1. The van der Waals surface area contributed by atoms with Crippen LogP contribution in [0, 0.1) is 5.92 Å². The van der Waals surface area contributed by atoms with Crippen LogP contribution in [0.4, 0.5) is 5.69 Å². The molecule has 3 nitrogen and oxygen atoms in total. The third kappa shape index (κ3) is 2.47. The van der Waals surface area contributed by atoms with E-state index in [1.165, 1.54) is 11.1 Å². The van der Waals surface area contributed by atoms with Gasteiger partial charge in [-0.05, 0) is 35.4 Å². The first kappa shape index (κ1) is 15.0. The summed E-state index contributed by atoms with van der Waals surface area (Å²) in [6.07, 6.45) is 2.82. The second kappa shape index (κ2) is 5.96. The van der Waals surface area contributed by atoms with Crippen LogP contribution in [0.15, 0.2) is 12.1 Å². The Morgan fingerprint density at radius 3 is 2.55 bits per heavy atom.